The maximum atomic E-state index is 14.8. The van der Waals surface area contributed by atoms with Crippen LogP contribution in [0.4, 0.5) is 27.6 Å². The molecule has 1 aromatic carbocycles. The van der Waals surface area contributed by atoms with Crippen LogP contribution in [0.2, 0.25) is 0 Å². The molecular weight excluding hydrogens is 533 g/mol. The maximum Gasteiger partial charge on any atom is 0.416 e. The Bertz CT molecular complexity index is 1420. The van der Waals surface area contributed by atoms with Gasteiger partial charge in [0, 0.05) is 23.7 Å². The van der Waals surface area contributed by atoms with Crippen molar-refractivity contribution in [3.63, 3.8) is 0 Å². The van der Waals surface area contributed by atoms with E-state index in [1.807, 2.05) is 0 Å². The van der Waals surface area contributed by atoms with E-state index in [-0.39, 0.29) is 16.9 Å². The average Bonchev–Trinajstić information content (AvgIpc) is 2.83. The number of sulfone groups is 1. The van der Waals surface area contributed by atoms with Crippen molar-refractivity contribution in [2.75, 3.05) is 11.1 Å². The molecule has 8 nitrogen and oxygen atoms in total. The van der Waals surface area contributed by atoms with E-state index in [1.165, 1.54) is 26.0 Å². The Hall–Kier alpha value is -3.68. The lowest BCUT2D eigenvalue weighted by Gasteiger charge is -2.38. The molecule has 2 heterocycles. The molecule has 3 rings (SSSR count). The number of amidine groups is 1. The number of nitrogens with zero attached hydrogens (tertiary/aromatic N) is 2. The van der Waals surface area contributed by atoms with Crippen LogP contribution in [-0.2, 0) is 25.6 Å². The predicted molar refractivity (Wildman–Crippen MR) is 132 cm³/mol. The van der Waals surface area contributed by atoms with E-state index < -0.39 is 67.5 Å². The molecule has 0 spiro atoms. The monoisotopic (exact) mass is 557 g/mol. The number of anilines is 1. The Morgan fingerprint density at radius 1 is 1.32 bits per heavy atom. The van der Waals surface area contributed by atoms with Crippen LogP contribution >= 0.6 is 0 Å². The average molecular weight is 558 g/mol. The number of halogens is 5. The summed E-state index contributed by atoms with van der Waals surface area (Å²) in [6, 6.07) is 3.30. The molecule has 2 aromatic rings. The second-order valence-corrected chi connectivity index (χ2v) is 11.0. The number of alkyl halides is 4. The number of hydrogen-bond acceptors (Lipinski definition) is 6. The molecule has 3 N–H and O–H groups in total. The molecule has 1 unspecified atom stereocenters. The van der Waals surface area contributed by atoms with Gasteiger partial charge < -0.3 is 10.6 Å². The fourth-order valence-corrected chi connectivity index (χ4v) is 5.58. The normalized spacial score (nSPS) is 22.7. The third-order valence-corrected chi connectivity index (χ3v) is 8.36. The predicted octanol–water partition coefficient (Wildman–Crippen LogP) is 4.46. The molecule has 1 fully saturated rings. The topological polar surface area (TPSA) is 124 Å². The fraction of sp³-hybridized carbons (Fsp3) is 0.333. The first-order chi connectivity index (χ1) is 17.6. The molecule has 1 amide bonds. The highest BCUT2D eigenvalue weighted by molar-refractivity contribution is 7.93. The Balaban J connectivity index is 1.92. The van der Waals surface area contributed by atoms with Crippen molar-refractivity contribution in [1.82, 2.24) is 10.3 Å². The molecule has 38 heavy (non-hydrogen) atoms. The van der Waals surface area contributed by atoms with E-state index in [0.717, 1.165) is 31.5 Å². The number of nitrogens with one attached hydrogen (secondary N) is 3. The summed E-state index contributed by atoms with van der Waals surface area (Å²) in [5.74, 6) is -3.06. The lowest BCUT2D eigenvalue weighted by Crippen LogP contribution is -2.56. The number of aliphatic imine (C=N–C) groups is 1. The molecule has 1 aliphatic rings. The third kappa shape index (κ3) is 5.74. The Morgan fingerprint density at radius 3 is 2.58 bits per heavy atom. The van der Waals surface area contributed by atoms with Crippen molar-refractivity contribution >= 4 is 33.5 Å². The lowest BCUT2D eigenvalue weighted by atomic mass is 9.99. The molecule has 3 atom stereocenters. The summed E-state index contributed by atoms with van der Waals surface area (Å²) in [6.07, 6.45) is -3.11. The van der Waals surface area contributed by atoms with Crippen LogP contribution in [-0.4, -0.2) is 43.3 Å². The van der Waals surface area contributed by atoms with Crippen LogP contribution in [0.1, 0.15) is 43.6 Å². The summed E-state index contributed by atoms with van der Waals surface area (Å²) in [6.45, 7) is 3.78. The number of rotatable bonds is 6. The van der Waals surface area contributed by atoms with Crippen LogP contribution in [0.5, 0.6) is 0 Å². The van der Waals surface area contributed by atoms with E-state index in [1.54, 1.807) is 0 Å². The first-order valence-corrected chi connectivity index (χ1v) is 12.8. The van der Waals surface area contributed by atoms with Gasteiger partial charge in [0.2, 0.25) is 0 Å². The second-order valence-electron chi connectivity index (χ2n) is 8.63. The summed E-state index contributed by atoms with van der Waals surface area (Å²) in [5, 5.41) is 13.4. The van der Waals surface area contributed by atoms with Crippen molar-refractivity contribution in [2.45, 2.75) is 43.9 Å². The van der Waals surface area contributed by atoms with Gasteiger partial charge in [-0.3, -0.25) is 20.2 Å². The smallest absolute Gasteiger partial charge is 0.364 e. The second kappa shape index (κ2) is 10.6. The highest BCUT2D eigenvalue weighted by Gasteiger charge is 2.52. The van der Waals surface area contributed by atoms with Crippen molar-refractivity contribution in [1.29, 1.82) is 5.41 Å². The number of amides is 1. The first kappa shape index (κ1) is 28.9. The molecule has 0 aliphatic carbocycles. The Labute approximate surface area is 215 Å². The number of pyridine rings is 1. The number of benzene rings is 1. The maximum absolute atomic E-state index is 14.8. The van der Waals surface area contributed by atoms with Crippen molar-refractivity contribution in [2.24, 2.45) is 4.99 Å². The molecule has 14 heteroatoms. The number of aromatic nitrogens is 1. The van der Waals surface area contributed by atoms with Gasteiger partial charge >= 0.3 is 6.18 Å². The summed E-state index contributed by atoms with van der Waals surface area (Å²) in [4.78, 5) is 20.0. The SMILES string of the molecule is C/C=C(\N=C/C(C)F)C(=O)Nc1ccc(F)c([C@@H]2CS(=O)(=O)[C@@](C)(c3cc(C(F)(F)F)ccn3)C(=N)N2)c1. The number of hydrogen-bond donors (Lipinski definition) is 3. The van der Waals surface area contributed by atoms with Crippen molar-refractivity contribution < 1.29 is 35.2 Å². The van der Waals surface area contributed by atoms with Gasteiger partial charge in [-0.2, -0.15) is 13.2 Å². The molecule has 0 bridgehead atoms. The van der Waals surface area contributed by atoms with Gasteiger partial charge in [-0.1, -0.05) is 6.08 Å². The Kier molecular flexibility index (Phi) is 8.05. The molecule has 1 aliphatic heterocycles. The van der Waals surface area contributed by atoms with E-state index in [2.05, 4.69) is 20.6 Å². The van der Waals surface area contributed by atoms with Crippen LogP contribution in [0, 0.1) is 11.2 Å². The van der Waals surface area contributed by atoms with Gasteiger partial charge in [0.1, 0.15) is 23.5 Å². The summed E-state index contributed by atoms with van der Waals surface area (Å²) in [7, 11) is -4.41. The quantitative estimate of drug-likeness (QED) is 0.275. The lowest BCUT2D eigenvalue weighted by molar-refractivity contribution is -0.137. The zero-order valence-electron chi connectivity index (χ0n) is 20.4. The fourth-order valence-electron chi connectivity index (χ4n) is 3.75. The third-order valence-electron chi connectivity index (χ3n) is 5.93. The van der Waals surface area contributed by atoms with Crippen LogP contribution in [0.25, 0.3) is 0 Å². The first-order valence-electron chi connectivity index (χ1n) is 11.2. The van der Waals surface area contributed by atoms with Crippen molar-refractivity contribution in [3.8, 4) is 0 Å². The van der Waals surface area contributed by atoms with E-state index in [4.69, 9.17) is 5.41 Å². The summed E-state index contributed by atoms with van der Waals surface area (Å²) >= 11 is 0. The molecular formula is C24H24F5N5O3S. The van der Waals surface area contributed by atoms with E-state index in [0.29, 0.717) is 12.1 Å². The highest BCUT2D eigenvalue weighted by atomic mass is 32.2. The van der Waals surface area contributed by atoms with Crippen LogP contribution in [0.15, 0.2) is 53.3 Å². The van der Waals surface area contributed by atoms with Gasteiger partial charge in [0.25, 0.3) is 5.91 Å². The number of carbonyl (C=O) groups is 1. The molecule has 1 saturated heterocycles. The van der Waals surface area contributed by atoms with Gasteiger partial charge in [-0.25, -0.2) is 17.2 Å². The van der Waals surface area contributed by atoms with Crippen molar-refractivity contribution in [3.05, 3.63) is 70.9 Å². The van der Waals surface area contributed by atoms with Gasteiger partial charge in [0.15, 0.2) is 14.6 Å². The number of allylic oxidation sites excluding steroid dienone is 1. The van der Waals surface area contributed by atoms with E-state index >= 15 is 0 Å². The van der Waals surface area contributed by atoms with Gasteiger partial charge in [0.05, 0.1) is 23.1 Å². The minimum atomic E-state index is -4.76. The summed E-state index contributed by atoms with van der Waals surface area (Å²) < 4.78 is 91.9. The molecule has 0 radical (unpaired) electrons. The molecule has 204 valence electrons. The summed E-state index contributed by atoms with van der Waals surface area (Å²) in [5.41, 5.74) is -1.91. The standard InChI is InChI=1S/C24H24F5N5O3S/c1-4-18(32-11-13(2)25)21(35)33-15-5-6-17(26)16(10-15)19-12-38(36,37)23(3,22(30)34-19)20-9-14(7-8-31-20)24(27,28)29/h4-11,13,19H,12H2,1-3H3,(H2,30,34)(H,33,35)/b18-4-,32-11-/t13?,19-,23-/m0/s1. The zero-order valence-corrected chi connectivity index (χ0v) is 21.2. The molecule has 0 saturated carbocycles. The van der Waals surface area contributed by atoms with Crippen LogP contribution in [0.3, 0.4) is 0 Å². The minimum absolute atomic E-state index is 0.0628. The molecule has 1 aromatic heterocycles. The van der Waals surface area contributed by atoms with Gasteiger partial charge in [-0.05, 0) is 51.1 Å². The minimum Gasteiger partial charge on any atom is -0.364 e. The Morgan fingerprint density at radius 2 is 2.00 bits per heavy atom. The highest BCUT2D eigenvalue weighted by Crippen LogP contribution is 2.39. The van der Waals surface area contributed by atoms with E-state index in [9.17, 15) is 35.2 Å². The number of carbonyl (C=O) groups excluding carboxylic acids is 1. The van der Waals surface area contributed by atoms with Gasteiger partial charge in [-0.15, -0.1) is 0 Å². The largest absolute Gasteiger partial charge is 0.416 e. The van der Waals surface area contributed by atoms with Crippen LogP contribution < -0.4 is 10.6 Å². The zero-order chi connectivity index (χ0) is 28.5.